The number of fused-ring (bicyclic) bond motifs is 1. The Morgan fingerprint density at radius 3 is 2.59 bits per heavy atom. The van der Waals surface area contributed by atoms with Gasteiger partial charge in [-0.2, -0.15) is 5.10 Å². The molecule has 0 unspecified atom stereocenters. The molecular formula is C24H26N2O2S. The predicted octanol–water partition coefficient (Wildman–Crippen LogP) is 5.23. The molecule has 1 aliphatic heterocycles. The molecule has 1 aliphatic rings. The number of ether oxygens (including phenoxy) is 1. The molecular weight excluding hydrogens is 380 g/mol. The zero-order valence-corrected chi connectivity index (χ0v) is 18.4. The molecule has 1 aromatic heterocycles. The molecule has 150 valence electrons. The Balaban J connectivity index is 1.65. The van der Waals surface area contributed by atoms with Crippen molar-refractivity contribution in [1.82, 2.24) is 9.78 Å². The number of carbonyl (C=O) groups is 1. The highest BCUT2D eigenvalue weighted by Crippen LogP contribution is 2.46. The third-order valence-corrected chi connectivity index (χ3v) is 7.08. The Kier molecular flexibility index (Phi) is 5.03. The number of aromatic nitrogens is 2. The molecule has 0 amide bonds. The zero-order valence-electron chi connectivity index (χ0n) is 17.6. The standard InChI is InChI=1S/C24H26N2O2S/c1-15-6-8-17(9-7-15)13-28-23-19(12-25-26(23)5)22(27)18-10-11-20-21(16(18)2)24(3,4)14-29-20/h6-12H,13-14H2,1-5H3. The van der Waals surface area contributed by atoms with Gasteiger partial charge in [0.15, 0.2) is 5.78 Å². The minimum atomic E-state index is -0.0370. The van der Waals surface area contributed by atoms with E-state index in [-0.39, 0.29) is 11.2 Å². The molecule has 0 radical (unpaired) electrons. The summed E-state index contributed by atoms with van der Waals surface area (Å²) in [6, 6.07) is 12.2. The largest absolute Gasteiger partial charge is 0.472 e. The van der Waals surface area contributed by atoms with Crippen LogP contribution in [0.15, 0.2) is 47.5 Å². The van der Waals surface area contributed by atoms with E-state index in [1.807, 2.05) is 30.0 Å². The van der Waals surface area contributed by atoms with E-state index in [4.69, 9.17) is 4.74 Å². The van der Waals surface area contributed by atoms with Crippen molar-refractivity contribution in [3.63, 3.8) is 0 Å². The Hall–Kier alpha value is -2.53. The number of rotatable bonds is 5. The van der Waals surface area contributed by atoms with Crippen LogP contribution in [0.4, 0.5) is 0 Å². The molecule has 2 heterocycles. The fraction of sp³-hybridized carbons (Fsp3) is 0.333. The van der Waals surface area contributed by atoms with Gasteiger partial charge in [-0.3, -0.25) is 4.79 Å². The summed E-state index contributed by atoms with van der Waals surface area (Å²) in [5.74, 6) is 1.51. The number of aryl methyl sites for hydroxylation is 2. The van der Waals surface area contributed by atoms with Crippen LogP contribution < -0.4 is 4.74 Å². The minimum Gasteiger partial charge on any atom is -0.472 e. The van der Waals surface area contributed by atoms with Gasteiger partial charge in [-0.25, -0.2) is 4.68 Å². The number of ketones is 1. The summed E-state index contributed by atoms with van der Waals surface area (Å²) in [7, 11) is 1.80. The van der Waals surface area contributed by atoms with Gasteiger partial charge in [-0.05, 0) is 42.7 Å². The monoisotopic (exact) mass is 406 g/mol. The average molecular weight is 407 g/mol. The molecule has 3 aromatic rings. The van der Waals surface area contributed by atoms with Crippen LogP contribution in [0.5, 0.6) is 5.88 Å². The van der Waals surface area contributed by atoms with Crippen LogP contribution in [0.3, 0.4) is 0 Å². The highest BCUT2D eigenvalue weighted by atomic mass is 32.2. The van der Waals surface area contributed by atoms with Gasteiger partial charge in [0, 0.05) is 28.7 Å². The molecule has 2 aromatic carbocycles. The maximum atomic E-state index is 13.4. The van der Waals surface area contributed by atoms with Crippen molar-refractivity contribution in [3.05, 3.63) is 76.0 Å². The van der Waals surface area contributed by atoms with Crippen molar-refractivity contribution in [1.29, 1.82) is 0 Å². The fourth-order valence-corrected chi connectivity index (χ4v) is 5.36. The number of carbonyl (C=O) groups excluding carboxylic acids is 1. The van der Waals surface area contributed by atoms with Crippen LogP contribution in [-0.2, 0) is 19.1 Å². The van der Waals surface area contributed by atoms with Crippen LogP contribution in [0.25, 0.3) is 0 Å². The molecule has 0 saturated heterocycles. The van der Waals surface area contributed by atoms with Gasteiger partial charge in [0.1, 0.15) is 12.2 Å². The summed E-state index contributed by atoms with van der Waals surface area (Å²) in [5.41, 5.74) is 5.93. The molecule has 0 N–H and O–H groups in total. The smallest absolute Gasteiger partial charge is 0.223 e. The van der Waals surface area contributed by atoms with Gasteiger partial charge >= 0.3 is 0 Å². The Morgan fingerprint density at radius 2 is 1.86 bits per heavy atom. The van der Waals surface area contributed by atoms with Crippen LogP contribution >= 0.6 is 11.8 Å². The maximum absolute atomic E-state index is 13.4. The van der Waals surface area contributed by atoms with E-state index in [1.54, 1.807) is 17.9 Å². The number of nitrogens with zero attached hydrogens (tertiary/aromatic N) is 2. The second-order valence-corrected chi connectivity index (χ2v) is 9.39. The Bertz CT molecular complexity index is 1080. The number of hydrogen-bond donors (Lipinski definition) is 0. The van der Waals surface area contributed by atoms with Gasteiger partial charge in [0.2, 0.25) is 5.88 Å². The lowest BCUT2D eigenvalue weighted by Gasteiger charge is -2.21. The zero-order chi connectivity index (χ0) is 20.8. The summed E-state index contributed by atoms with van der Waals surface area (Å²) in [6.07, 6.45) is 1.61. The molecule has 0 atom stereocenters. The summed E-state index contributed by atoms with van der Waals surface area (Å²) in [5, 5.41) is 4.29. The van der Waals surface area contributed by atoms with Gasteiger partial charge in [0.05, 0.1) is 6.20 Å². The second kappa shape index (κ2) is 7.38. The van der Waals surface area contributed by atoms with Gasteiger partial charge in [0.25, 0.3) is 0 Å². The van der Waals surface area contributed by atoms with Crippen LogP contribution in [0, 0.1) is 13.8 Å². The molecule has 5 heteroatoms. The van der Waals surface area contributed by atoms with Crippen molar-refractivity contribution in [2.24, 2.45) is 7.05 Å². The quantitative estimate of drug-likeness (QED) is 0.544. The molecule has 0 bridgehead atoms. The van der Waals surface area contributed by atoms with Crippen molar-refractivity contribution >= 4 is 17.5 Å². The number of hydrogen-bond acceptors (Lipinski definition) is 4. The minimum absolute atomic E-state index is 0.0370. The first-order valence-corrected chi connectivity index (χ1v) is 10.8. The van der Waals surface area contributed by atoms with Crippen LogP contribution in [-0.4, -0.2) is 21.3 Å². The van der Waals surface area contributed by atoms with E-state index < -0.39 is 0 Å². The third kappa shape index (κ3) is 3.60. The van der Waals surface area contributed by atoms with E-state index in [9.17, 15) is 4.79 Å². The highest BCUT2D eigenvalue weighted by Gasteiger charge is 2.34. The summed E-state index contributed by atoms with van der Waals surface area (Å²) < 4.78 is 7.65. The lowest BCUT2D eigenvalue weighted by atomic mass is 9.81. The first-order chi connectivity index (χ1) is 13.8. The molecule has 0 saturated carbocycles. The molecule has 4 nitrogen and oxygen atoms in total. The predicted molar refractivity (Wildman–Crippen MR) is 117 cm³/mol. The first-order valence-electron chi connectivity index (χ1n) is 9.80. The average Bonchev–Trinajstić information content (AvgIpc) is 3.21. The lowest BCUT2D eigenvalue weighted by molar-refractivity contribution is 0.103. The van der Waals surface area contributed by atoms with Crippen molar-refractivity contribution < 1.29 is 9.53 Å². The lowest BCUT2D eigenvalue weighted by Crippen LogP contribution is -2.19. The first kappa shape index (κ1) is 19.8. The maximum Gasteiger partial charge on any atom is 0.223 e. The Labute approximate surface area is 176 Å². The molecule has 0 fully saturated rings. The van der Waals surface area contributed by atoms with E-state index in [0.29, 0.717) is 18.1 Å². The molecule has 0 aliphatic carbocycles. The molecule has 29 heavy (non-hydrogen) atoms. The SMILES string of the molecule is Cc1ccc(COc2c(C(=O)c3ccc4c(c3C)C(C)(C)CS4)cnn2C)cc1. The van der Waals surface area contributed by atoms with E-state index >= 15 is 0 Å². The molecule has 0 spiro atoms. The number of thioether (sulfide) groups is 1. The summed E-state index contributed by atoms with van der Waals surface area (Å²) >= 11 is 1.87. The van der Waals surface area contributed by atoms with E-state index in [0.717, 1.165) is 22.4 Å². The van der Waals surface area contributed by atoms with E-state index in [1.165, 1.54) is 16.0 Å². The van der Waals surface area contributed by atoms with Crippen LogP contribution in [0.2, 0.25) is 0 Å². The van der Waals surface area contributed by atoms with Gasteiger partial charge in [-0.15, -0.1) is 11.8 Å². The topological polar surface area (TPSA) is 44.1 Å². The van der Waals surface area contributed by atoms with Gasteiger partial charge in [-0.1, -0.05) is 43.7 Å². The summed E-state index contributed by atoms with van der Waals surface area (Å²) in [6.45, 7) is 9.00. The fourth-order valence-electron chi connectivity index (χ4n) is 3.96. The second-order valence-electron chi connectivity index (χ2n) is 8.37. The number of benzene rings is 2. The highest BCUT2D eigenvalue weighted by molar-refractivity contribution is 7.99. The van der Waals surface area contributed by atoms with Crippen molar-refractivity contribution in [3.8, 4) is 5.88 Å². The molecule has 4 rings (SSSR count). The Morgan fingerprint density at radius 1 is 1.14 bits per heavy atom. The van der Waals surface area contributed by atoms with Crippen molar-refractivity contribution in [2.45, 2.75) is 44.6 Å². The van der Waals surface area contributed by atoms with Gasteiger partial charge < -0.3 is 4.74 Å². The van der Waals surface area contributed by atoms with Crippen LogP contribution in [0.1, 0.15) is 52.0 Å². The van der Waals surface area contributed by atoms with Crippen molar-refractivity contribution in [2.75, 3.05) is 5.75 Å². The summed E-state index contributed by atoms with van der Waals surface area (Å²) in [4.78, 5) is 14.7. The normalized spacial score (nSPS) is 14.7. The third-order valence-electron chi connectivity index (χ3n) is 5.56. The van der Waals surface area contributed by atoms with E-state index in [2.05, 4.69) is 51.0 Å².